The molecule has 1 N–H and O–H groups in total. The maximum atomic E-state index is 13.6. The summed E-state index contributed by atoms with van der Waals surface area (Å²) in [7, 11) is 1.65. The van der Waals surface area contributed by atoms with Gasteiger partial charge in [0.05, 0.1) is 18.2 Å². The van der Waals surface area contributed by atoms with Crippen LogP contribution in [-0.4, -0.2) is 73.3 Å². The second kappa shape index (κ2) is 14.3. The number of hydrogen-bond acceptors (Lipinski definition) is 5. The Labute approximate surface area is 268 Å². The lowest BCUT2D eigenvalue weighted by atomic mass is 10.1. The van der Waals surface area contributed by atoms with Crippen molar-refractivity contribution in [3.05, 3.63) is 107 Å². The van der Waals surface area contributed by atoms with Crippen LogP contribution in [0, 0.1) is 5.82 Å². The largest absolute Gasteiger partial charge is 0.495 e. The Balaban J connectivity index is 1.00. The SMILES string of the molecule is COc1cccc2c(C(=O)NCc3cccc(F)c3)cn(CCCN3CCN(CCOc4ccc(Cl)c5ccccc45)CC3)c12. The molecule has 1 amide bonds. The highest BCUT2D eigenvalue weighted by Crippen LogP contribution is 2.32. The van der Waals surface area contributed by atoms with E-state index in [4.69, 9.17) is 21.1 Å². The summed E-state index contributed by atoms with van der Waals surface area (Å²) >= 11 is 6.36. The number of piperazine rings is 1. The van der Waals surface area contributed by atoms with Gasteiger partial charge in [0.15, 0.2) is 0 Å². The van der Waals surface area contributed by atoms with Gasteiger partial charge in [-0.1, -0.05) is 60.1 Å². The molecule has 1 fully saturated rings. The van der Waals surface area contributed by atoms with Crippen molar-refractivity contribution in [3.8, 4) is 11.5 Å². The summed E-state index contributed by atoms with van der Waals surface area (Å²) in [4.78, 5) is 18.2. The van der Waals surface area contributed by atoms with Gasteiger partial charge in [0.1, 0.15) is 23.9 Å². The van der Waals surface area contributed by atoms with E-state index >= 15 is 0 Å². The Kier molecular flexibility index (Phi) is 9.84. The fourth-order valence-corrected chi connectivity index (χ4v) is 6.35. The number of aryl methyl sites for hydroxylation is 1. The normalized spacial score (nSPS) is 14.2. The highest BCUT2D eigenvalue weighted by molar-refractivity contribution is 6.35. The number of benzene rings is 4. The number of nitrogens with zero attached hydrogens (tertiary/aromatic N) is 3. The molecule has 0 spiro atoms. The predicted molar refractivity (Wildman–Crippen MR) is 178 cm³/mol. The molecule has 7 nitrogen and oxygen atoms in total. The molecule has 0 saturated carbocycles. The van der Waals surface area contributed by atoms with Gasteiger partial charge in [-0.25, -0.2) is 4.39 Å². The molecule has 45 heavy (non-hydrogen) atoms. The van der Waals surface area contributed by atoms with Crippen LogP contribution >= 0.6 is 11.6 Å². The highest BCUT2D eigenvalue weighted by Gasteiger charge is 2.20. The predicted octanol–water partition coefficient (Wildman–Crippen LogP) is 6.61. The molecule has 1 aliphatic heterocycles. The molecule has 0 aliphatic carbocycles. The van der Waals surface area contributed by atoms with Crippen molar-refractivity contribution < 1.29 is 18.7 Å². The van der Waals surface area contributed by atoms with E-state index in [0.29, 0.717) is 17.7 Å². The van der Waals surface area contributed by atoms with Crippen LogP contribution in [0.2, 0.25) is 5.02 Å². The number of carbonyl (C=O) groups excluding carboxylic acids is 1. The molecule has 9 heteroatoms. The minimum absolute atomic E-state index is 0.194. The van der Waals surface area contributed by atoms with E-state index in [1.807, 2.05) is 60.8 Å². The lowest BCUT2D eigenvalue weighted by molar-refractivity contribution is 0.0952. The van der Waals surface area contributed by atoms with Crippen LogP contribution in [0.5, 0.6) is 11.5 Å². The second-order valence-electron chi connectivity index (χ2n) is 11.4. The van der Waals surface area contributed by atoms with E-state index in [-0.39, 0.29) is 18.3 Å². The van der Waals surface area contributed by atoms with Crippen molar-refractivity contribution in [1.82, 2.24) is 19.7 Å². The standard InChI is InChI=1S/C36H38ClFN4O3/c1-44-34-12-5-11-30-31(36(43)39-24-26-7-4-8-27(38)23-26)25-42(35(30)34)16-6-15-40-17-19-41(20-18-40)21-22-45-33-14-13-32(37)28-9-2-3-10-29(28)33/h2-5,7-14,23,25H,6,15-22,24H2,1H3,(H,39,43). The van der Waals surface area contributed by atoms with Gasteiger partial charge < -0.3 is 24.3 Å². The Morgan fingerprint density at radius 1 is 0.844 bits per heavy atom. The van der Waals surface area contributed by atoms with Gasteiger partial charge in [0.2, 0.25) is 0 Å². The van der Waals surface area contributed by atoms with E-state index < -0.39 is 0 Å². The van der Waals surface area contributed by atoms with Gasteiger partial charge in [-0.2, -0.15) is 0 Å². The fourth-order valence-electron chi connectivity index (χ4n) is 6.12. The molecule has 4 aromatic carbocycles. The third-order valence-corrected chi connectivity index (χ3v) is 8.83. The monoisotopic (exact) mass is 628 g/mol. The average Bonchev–Trinajstić information content (AvgIpc) is 3.44. The number of halogens is 2. The van der Waals surface area contributed by atoms with Crippen molar-refractivity contribution in [2.24, 2.45) is 0 Å². The molecule has 1 aromatic heterocycles. The number of rotatable bonds is 12. The molecule has 6 rings (SSSR count). The first-order valence-corrected chi connectivity index (χ1v) is 15.8. The highest BCUT2D eigenvalue weighted by atomic mass is 35.5. The summed E-state index contributed by atoms with van der Waals surface area (Å²) in [5.74, 6) is 1.09. The number of methoxy groups -OCH3 is 1. The quantitative estimate of drug-likeness (QED) is 0.168. The van der Waals surface area contributed by atoms with Gasteiger partial charge >= 0.3 is 0 Å². The number of aromatic nitrogens is 1. The van der Waals surface area contributed by atoms with E-state index in [2.05, 4.69) is 19.7 Å². The number of hydrogen-bond donors (Lipinski definition) is 1. The zero-order valence-corrected chi connectivity index (χ0v) is 26.2. The molecule has 2 heterocycles. The van der Waals surface area contributed by atoms with Crippen LogP contribution in [-0.2, 0) is 13.1 Å². The first kappa shape index (κ1) is 30.9. The Hall–Kier alpha value is -4.11. The van der Waals surface area contributed by atoms with Crippen LogP contribution in [0.25, 0.3) is 21.7 Å². The number of ether oxygens (including phenoxy) is 2. The number of nitrogens with one attached hydrogen (secondary N) is 1. The van der Waals surface area contributed by atoms with Crippen molar-refractivity contribution in [3.63, 3.8) is 0 Å². The van der Waals surface area contributed by atoms with Gasteiger partial charge in [0.25, 0.3) is 5.91 Å². The first-order valence-electron chi connectivity index (χ1n) is 15.4. The summed E-state index contributed by atoms with van der Waals surface area (Å²) in [5, 5.41) is 6.58. The van der Waals surface area contributed by atoms with Crippen molar-refractivity contribution in [2.45, 2.75) is 19.5 Å². The van der Waals surface area contributed by atoms with Gasteiger partial charge in [0, 0.05) is 73.2 Å². The molecule has 1 aliphatic rings. The van der Waals surface area contributed by atoms with Gasteiger partial charge in [-0.15, -0.1) is 0 Å². The minimum Gasteiger partial charge on any atom is -0.495 e. The first-order chi connectivity index (χ1) is 22.0. The number of fused-ring (bicyclic) bond motifs is 2. The molecule has 0 unspecified atom stereocenters. The fraction of sp³-hybridized carbons (Fsp3) is 0.306. The summed E-state index contributed by atoms with van der Waals surface area (Å²) < 4.78 is 27.6. The third kappa shape index (κ3) is 7.25. The smallest absolute Gasteiger partial charge is 0.253 e. The zero-order chi connectivity index (χ0) is 31.2. The van der Waals surface area contributed by atoms with Crippen molar-refractivity contribution in [1.29, 1.82) is 0 Å². The maximum Gasteiger partial charge on any atom is 0.253 e. The maximum absolute atomic E-state index is 13.6. The molecule has 0 radical (unpaired) electrons. The zero-order valence-electron chi connectivity index (χ0n) is 25.5. The molecule has 1 saturated heterocycles. The van der Waals surface area contributed by atoms with Crippen LogP contribution in [0.4, 0.5) is 4.39 Å². The minimum atomic E-state index is -0.318. The van der Waals surface area contributed by atoms with Crippen molar-refractivity contribution in [2.75, 3.05) is 53.0 Å². The Morgan fingerprint density at radius 2 is 1.58 bits per heavy atom. The van der Waals surface area contributed by atoms with E-state index in [9.17, 15) is 9.18 Å². The van der Waals surface area contributed by atoms with Crippen molar-refractivity contribution >= 4 is 39.2 Å². The topological polar surface area (TPSA) is 59.0 Å². The molecule has 0 bridgehead atoms. The molecular formula is C36H38ClFN4O3. The Morgan fingerprint density at radius 3 is 2.36 bits per heavy atom. The van der Waals surface area contributed by atoms with Gasteiger partial charge in [-0.3, -0.25) is 9.69 Å². The van der Waals surface area contributed by atoms with E-state index in [0.717, 1.165) is 90.4 Å². The van der Waals surface area contributed by atoms with Crippen LogP contribution in [0.1, 0.15) is 22.3 Å². The molecular weight excluding hydrogens is 591 g/mol. The van der Waals surface area contributed by atoms with Crippen LogP contribution < -0.4 is 14.8 Å². The van der Waals surface area contributed by atoms with E-state index in [1.54, 1.807) is 19.2 Å². The summed E-state index contributed by atoms with van der Waals surface area (Å²) in [6.45, 7) is 7.51. The third-order valence-electron chi connectivity index (χ3n) is 8.50. The van der Waals surface area contributed by atoms with Crippen LogP contribution in [0.3, 0.4) is 0 Å². The van der Waals surface area contributed by atoms with E-state index in [1.165, 1.54) is 12.1 Å². The number of amides is 1. The molecule has 234 valence electrons. The van der Waals surface area contributed by atoms with Gasteiger partial charge in [-0.05, 0) is 48.9 Å². The summed E-state index contributed by atoms with van der Waals surface area (Å²) in [5.41, 5.74) is 2.21. The number of carbonyl (C=O) groups is 1. The molecule has 0 atom stereocenters. The number of para-hydroxylation sites is 1. The van der Waals surface area contributed by atoms with Crippen LogP contribution in [0.15, 0.2) is 85.1 Å². The lowest BCUT2D eigenvalue weighted by Crippen LogP contribution is -2.47. The molecule has 5 aromatic rings. The Bertz CT molecular complexity index is 1780. The summed E-state index contributed by atoms with van der Waals surface area (Å²) in [6, 6.07) is 24.0. The summed E-state index contributed by atoms with van der Waals surface area (Å²) in [6.07, 6.45) is 2.86. The lowest BCUT2D eigenvalue weighted by Gasteiger charge is -2.34. The average molecular weight is 629 g/mol. The second-order valence-corrected chi connectivity index (χ2v) is 11.8.